The maximum Gasteiger partial charge on any atom is 0.200 e. The summed E-state index contributed by atoms with van der Waals surface area (Å²) in [5, 5.41) is 9.16. The average molecular weight is 348 g/mol. The molecular weight excluding hydrogens is 334 g/mol. The lowest BCUT2D eigenvalue weighted by molar-refractivity contribution is 0.0994. The van der Waals surface area contributed by atoms with Crippen molar-refractivity contribution < 1.29 is 9.21 Å². The van der Waals surface area contributed by atoms with Crippen LogP contribution in [0.25, 0.3) is 11.6 Å². The first-order valence-electron chi connectivity index (χ1n) is 6.96. The van der Waals surface area contributed by atoms with E-state index in [2.05, 4.69) is 10.2 Å². The summed E-state index contributed by atoms with van der Waals surface area (Å²) >= 11 is 7.30. The number of ketones is 1. The Labute approximate surface area is 142 Å². The third kappa shape index (κ3) is 3.33. The maximum absolute atomic E-state index is 12.5. The predicted molar refractivity (Wildman–Crippen MR) is 89.8 cm³/mol. The Morgan fingerprint density at radius 1 is 1.30 bits per heavy atom. The molecule has 0 radical (unpaired) electrons. The first-order chi connectivity index (χ1) is 11.1. The van der Waals surface area contributed by atoms with Crippen molar-refractivity contribution >= 4 is 29.1 Å². The van der Waals surface area contributed by atoms with Gasteiger partial charge in [0.1, 0.15) is 0 Å². The normalized spacial score (nSPS) is 12.3. The van der Waals surface area contributed by atoms with Crippen LogP contribution >= 0.6 is 23.4 Å². The van der Waals surface area contributed by atoms with E-state index < -0.39 is 0 Å². The van der Waals surface area contributed by atoms with Crippen LogP contribution in [0.3, 0.4) is 0 Å². The van der Waals surface area contributed by atoms with Crippen molar-refractivity contribution in [2.24, 2.45) is 7.05 Å². The van der Waals surface area contributed by atoms with Crippen molar-refractivity contribution in [3.8, 4) is 11.6 Å². The second-order valence-electron chi connectivity index (χ2n) is 4.98. The van der Waals surface area contributed by atoms with E-state index in [-0.39, 0.29) is 11.0 Å². The molecule has 0 unspecified atom stereocenters. The Balaban J connectivity index is 1.78. The van der Waals surface area contributed by atoms with Crippen LogP contribution in [0.5, 0.6) is 0 Å². The van der Waals surface area contributed by atoms with Crippen LogP contribution in [-0.4, -0.2) is 25.8 Å². The van der Waals surface area contributed by atoms with Gasteiger partial charge in [-0.15, -0.1) is 10.2 Å². The molecule has 7 heteroatoms. The number of aromatic nitrogens is 3. The third-order valence-electron chi connectivity index (χ3n) is 3.34. The Kier molecular flexibility index (Phi) is 4.54. The number of halogens is 1. The molecule has 23 heavy (non-hydrogen) atoms. The van der Waals surface area contributed by atoms with Crippen LogP contribution in [0.4, 0.5) is 0 Å². The number of furan rings is 1. The summed E-state index contributed by atoms with van der Waals surface area (Å²) < 4.78 is 7.15. The minimum atomic E-state index is -0.305. The highest BCUT2D eigenvalue weighted by Gasteiger charge is 2.21. The van der Waals surface area contributed by atoms with Gasteiger partial charge >= 0.3 is 0 Å². The van der Waals surface area contributed by atoms with Crippen LogP contribution in [0.2, 0.25) is 5.02 Å². The molecule has 1 aromatic carbocycles. The van der Waals surface area contributed by atoms with E-state index in [9.17, 15) is 4.79 Å². The summed E-state index contributed by atoms with van der Waals surface area (Å²) in [5.74, 6) is 1.26. The quantitative estimate of drug-likeness (QED) is 0.514. The topological polar surface area (TPSA) is 60.9 Å². The number of hydrogen-bond acceptors (Lipinski definition) is 5. The molecule has 5 nitrogen and oxygen atoms in total. The fourth-order valence-electron chi connectivity index (χ4n) is 2.13. The fraction of sp³-hybridized carbons (Fsp3) is 0.188. The predicted octanol–water partition coefficient (Wildman–Crippen LogP) is 4.09. The molecule has 0 spiro atoms. The molecule has 0 aliphatic rings. The Hall–Kier alpha value is -2.05. The molecule has 0 saturated carbocycles. The van der Waals surface area contributed by atoms with Gasteiger partial charge in [-0.1, -0.05) is 35.5 Å². The molecule has 0 N–H and O–H groups in total. The highest BCUT2D eigenvalue weighted by Crippen LogP contribution is 2.27. The molecule has 0 aliphatic heterocycles. The van der Waals surface area contributed by atoms with Gasteiger partial charge in [-0.25, -0.2) is 0 Å². The lowest BCUT2D eigenvalue weighted by Crippen LogP contribution is -2.14. The van der Waals surface area contributed by atoms with E-state index in [1.54, 1.807) is 36.6 Å². The summed E-state index contributed by atoms with van der Waals surface area (Å²) in [6.45, 7) is 1.84. The molecule has 0 aliphatic carbocycles. The zero-order valence-corrected chi connectivity index (χ0v) is 14.1. The average Bonchev–Trinajstić information content (AvgIpc) is 3.17. The second kappa shape index (κ2) is 6.60. The Morgan fingerprint density at radius 2 is 2.13 bits per heavy atom. The summed E-state index contributed by atoms with van der Waals surface area (Å²) in [5.41, 5.74) is 0.589. The Bertz CT molecular complexity index is 830. The van der Waals surface area contributed by atoms with Gasteiger partial charge in [-0.3, -0.25) is 4.79 Å². The van der Waals surface area contributed by atoms with Gasteiger partial charge in [0.25, 0.3) is 0 Å². The van der Waals surface area contributed by atoms with Gasteiger partial charge in [0, 0.05) is 17.6 Å². The highest BCUT2D eigenvalue weighted by atomic mass is 35.5. The number of Topliss-reactive ketones (excluding diaryl/α,β-unsaturated/α-hetero) is 1. The van der Waals surface area contributed by atoms with E-state index >= 15 is 0 Å². The van der Waals surface area contributed by atoms with Crippen molar-refractivity contribution in [1.82, 2.24) is 14.8 Å². The van der Waals surface area contributed by atoms with Crippen LogP contribution in [0, 0.1) is 0 Å². The first-order valence-corrected chi connectivity index (χ1v) is 8.21. The van der Waals surface area contributed by atoms with Crippen molar-refractivity contribution in [2.45, 2.75) is 17.3 Å². The zero-order chi connectivity index (χ0) is 16.4. The van der Waals surface area contributed by atoms with Gasteiger partial charge < -0.3 is 8.98 Å². The summed E-state index contributed by atoms with van der Waals surface area (Å²) in [4.78, 5) is 12.5. The van der Waals surface area contributed by atoms with Crippen molar-refractivity contribution in [2.75, 3.05) is 0 Å². The number of thioether (sulfide) groups is 1. The van der Waals surface area contributed by atoms with Gasteiger partial charge in [0.15, 0.2) is 22.5 Å². The van der Waals surface area contributed by atoms with E-state index in [1.165, 1.54) is 11.8 Å². The highest BCUT2D eigenvalue weighted by molar-refractivity contribution is 8.00. The molecule has 0 fully saturated rings. The molecule has 118 valence electrons. The lowest BCUT2D eigenvalue weighted by atomic mass is 10.1. The van der Waals surface area contributed by atoms with Crippen LogP contribution < -0.4 is 0 Å². The number of hydrogen-bond donors (Lipinski definition) is 0. The number of rotatable bonds is 5. The number of nitrogens with zero attached hydrogens (tertiary/aromatic N) is 3. The van der Waals surface area contributed by atoms with Crippen LogP contribution in [0.15, 0.2) is 52.2 Å². The van der Waals surface area contributed by atoms with Crippen LogP contribution in [0.1, 0.15) is 17.3 Å². The molecule has 3 aromatic rings. The summed E-state index contributed by atoms with van der Waals surface area (Å²) in [6.07, 6.45) is 1.59. The molecule has 0 saturated heterocycles. The number of benzene rings is 1. The van der Waals surface area contributed by atoms with Crippen LogP contribution in [-0.2, 0) is 7.05 Å². The largest absolute Gasteiger partial charge is 0.461 e. The molecule has 3 rings (SSSR count). The van der Waals surface area contributed by atoms with E-state index in [1.807, 2.05) is 24.6 Å². The van der Waals surface area contributed by atoms with E-state index in [4.69, 9.17) is 16.0 Å². The molecular formula is C16H14ClN3O2S. The molecule has 0 bridgehead atoms. The van der Waals surface area contributed by atoms with Crippen molar-refractivity contribution in [3.05, 3.63) is 53.2 Å². The fourth-order valence-corrected chi connectivity index (χ4v) is 3.21. The van der Waals surface area contributed by atoms with E-state index in [0.717, 1.165) is 0 Å². The van der Waals surface area contributed by atoms with Crippen molar-refractivity contribution in [1.29, 1.82) is 0 Å². The minimum Gasteiger partial charge on any atom is -0.461 e. The first kappa shape index (κ1) is 15.8. The Morgan fingerprint density at radius 3 is 2.83 bits per heavy atom. The lowest BCUT2D eigenvalue weighted by Gasteiger charge is -2.10. The smallest absolute Gasteiger partial charge is 0.200 e. The maximum atomic E-state index is 12.5. The van der Waals surface area contributed by atoms with E-state index in [0.29, 0.717) is 27.3 Å². The zero-order valence-electron chi connectivity index (χ0n) is 12.6. The monoisotopic (exact) mass is 347 g/mol. The summed E-state index contributed by atoms with van der Waals surface area (Å²) in [7, 11) is 1.84. The van der Waals surface area contributed by atoms with Crippen molar-refractivity contribution in [3.63, 3.8) is 0 Å². The second-order valence-corrected chi connectivity index (χ2v) is 6.72. The minimum absolute atomic E-state index is 0.0000450. The van der Waals surface area contributed by atoms with Gasteiger partial charge in [-0.2, -0.15) is 0 Å². The molecule has 1 atom stereocenters. The third-order valence-corrected chi connectivity index (χ3v) is 4.71. The molecule has 2 aromatic heterocycles. The van der Waals surface area contributed by atoms with Gasteiger partial charge in [0.05, 0.1) is 11.5 Å². The number of carbonyl (C=O) groups is 1. The number of carbonyl (C=O) groups excluding carboxylic acids is 1. The van der Waals surface area contributed by atoms with Gasteiger partial charge in [-0.05, 0) is 31.2 Å². The molecule has 2 heterocycles. The van der Waals surface area contributed by atoms with Gasteiger partial charge in [0.2, 0.25) is 0 Å². The standard InChI is InChI=1S/C16H14ClN3O2S/c1-10(14(21)11-5-3-6-12(17)9-11)23-16-19-18-15(20(16)2)13-7-4-8-22-13/h3-10H,1-2H3/t10-/m0/s1. The SMILES string of the molecule is C[C@H](Sc1nnc(-c2ccco2)n1C)C(=O)c1cccc(Cl)c1. The molecule has 0 amide bonds. The summed E-state index contributed by atoms with van der Waals surface area (Å²) in [6, 6.07) is 10.6.